The van der Waals surface area contributed by atoms with Gasteiger partial charge >= 0.3 is 6.09 Å². The molecule has 0 aromatic heterocycles. The maximum absolute atomic E-state index is 12.2. The van der Waals surface area contributed by atoms with Crippen LogP contribution < -0.4 is 5.32 Å². The van der Waals surface area contributed by atoms with Crippen molar-refractivity contribution >= 4 is 6.09 Å². The van der Waals surface area contributed by atoms with Gasteiger partial charge in [-0.05, 0) is 11.1 Å². The number of carbonyl (C=O) groups excluding carboxylic acids is 1. The molecule has 3 rings (SSSR count). The van der Waals surface area contributed by atoms with Gasteiger partial charge in [0.25, 0.3) is 0 Å². The van der Waals surface area contributed by atoms with E-state index in [9.17, 15) is 20.1 Å². The van der Waals surface area contributed by atoms with Gasteiger partial charge in [0.2, 0.25) is 0 Å². The van der Waals surface area contributed by atoms with Gasteiger partial charge in [0, 0.05) is 0 Å². The molecule has 0 spiro atoms. The molecule has 2 aromatic rings. The highest BCUT2D eigenvalue weighted by Gasteiger charge is 2.45. The highest BCUT2D eigenvalue weighted by molar-refractivity contribution is 5.67. The fourth-order valence-electron chi connectivity index (χ4n) is 3.03. The summed E-state index contributed by atoms with van der Waals surface area (Å²) in [5.74, 6) is 0. The van der Waals surface area contributed by atoms with Crippen molar-refractivity contribution < 1.29 is 34.3 Å². The molecule has 0 unspecified atom stereocenters. The van der Waals surface area contributed by atoms with Gasteiger partial charge in [-0.25, -0.2) is 4.79 Å². The first-order valence-electron chi connectivity index (χ1n) is 9.33. The maximum Gasteiger partial charge on any atom is 0.407 e. The molecule has 29 heavy (non-hydrogen) atoms. The van der Waals surface area contributed by atoms with Crippen LogP contribution in [-0.4, -0.2) is 58.7 Å². The smallest absolute Gasteiger partial charge is 0.407 e. The molecule has 1 aliphatic rings. The first-order chi connectivity index (χ1) is 14.1. The van der Waals surface area contributed by atoms with Gasteiger partial charge in [0.05, 0.1) is 13.2 Å². The van der Waals surface area contributed by atoms with Crippen LogP contribution in [0.3, 0.4) is 0 Å². The predicted molar refractivity (Wildman–Crippen MR) is 103 cm³/mol. The number of ether oxygens (including phenoxy) is 3. The topological polar surface area (TPSA) is 117 Å². The van der Waals surface area contributed by atoms with Crippen LogP contribution in [0.2, 0.25) is 0 Å². The fourth-order valence-corrected chi connectivity index (χ4v) is 3.03. The molecule has 8 nitrogen and oxygen atoms in total. The number of amides is 1. The molecule has 4 N–H and O–H groups in total. The number of aliphatic hydroxyl groups is 3. The Morgan fingerprint density at radius 1 is 0.931 bits per heavy atom. The lowest BCUT2D eigenvalue weighted by Gasteiger charge is -2.42. The van der Waals surface area contributed by atoms with E-state index in [4.69, 9.17) is 14.2 Å². The molecule has 0 saturated carbocycles. The van der Waals surface area contributed by atoms with Crippen LogP contribution in [0.15, 0.2) is 60.7 Å². The fraction of sp³-hybridized carbons (Fsp3) is 0.381. The Labute approximate surface area is 168 Å². The van der Waals surface area contributed by atoms with Crippen LogP contribution in [0.4, 0.5) is 4.79 Å². The third-order valence-electron chi connectivity index (χ3n) is 4.64. The largest absolute Gasteiger partial charge is 0.445 e. The number of hydrogen-bond acceptors (Lipinski definition) is 7. The van der Waals surface area contributed by atoms with E-state index < -0.39 is 43.3 Å². The monoisotopic (exact) mass is 403 g/mol. The highest BCUT2D eigenvalue weighted by atomic mass is 16.7. The minimum Gasteiger partial charge on any atom is -0.445 e. The van der Waals surface area contributed by atoms with Crippen molar-refractivity contribution in [3.63, 3.8) is 0 Å². The zero-order chi connectivity index (χ0) is 20.6. The second-order valence-electron chi connectivity index (χ2n) is 6.74. The number of nitrogens with one attached hydrogen (secondary N) is 1. The van der Waals surface area contributed by atoms with Crippen molar-refractivity contribution in [3.05, 3.63) is 71.8 Å². The van der Waals surface area contributed by atoms with Gasteiger partial charge in [-0.2, -0.15) is 0 Å². The molecule has 156 valence electrons. The molecule has 2 aromatic carbocycles. The summed E-state index contributed by atoms with van der Waals surface area (Å²) in [6, 6.07) is 17.3. The summed E-state index contributed by atoms with van der Waals surface area (Å²) in [5, 5.41) is 32.5. The molecule has 8 heteroatoms. The maximum atomic E-state index is 12.2. The van der Waals surface area contributed by atoms with E-state index in [0.29, 0.717) is 0 Å². The Hall–Kier alpha value is -2.49. The molecule has 1 fully saturated rings. The number of benzene rings is 2. The number of aliphatic hydroxyl groups excluding tert-OH is 3. The lowest BCUT2D eigenvalue weighted by Crippen LogP contribution is -2.64. The summed E-state index contributed by atoms with van der Waals surface area (Å²) >= 11 is 0. The molecule has 0 bridgehead atoms. The SMILES string of the molecule is O=C(N[C@H]1[C@H](OCc2ccccc2)O[C@H](CO)[C@@H](O)[C@@H]1O)OCc1ccccc1. The molecule has 1 saturated heterocycles. The number of rotatable bonds is 7. The number of carbonyl (C=O) groups is 1. The van der Waals surface area contributed by atoms with E-state index in [1.54, 1.807) is 0 Å². The van der Waals surface area contributed by atoms with Crippen LogP contribution in [-0.2, 0) is 27.4 Å². The lowest BCUT2D eigenvalue weighted by molar-refractivity contribution is -0.273. The van der Waals surface area contributed by atoms with Crippen LogP contribution in [0, 0.1) is 0 Å². The van der Waals surface area contributed by atoms with Gasteiger partial charge in [-0.15, -0.1) is 0 Å². The molecule has 1 aliphatic heterocycles. The summed E-state index contributed by atoms with van der Waals surface area (Å²) in [6.45, 7) is -0.300. The van der Waals surface area contributed by atoms with Crippen molar-refractivity contribution in [2.24, 2.45) is 0 Å². The summed E-state index contributed by atoms with van der Waals surface area (Å²) in [4.78, 5) is 12.2. The molecule has 1 amide bonds. The second kappa shape index (κ2) is 10.3. The average molecular weight is 403 g/mol. The van der Waals surface area contributed by atoms with Crippen LogP contribution in [0.25, 0.3) is 0 Å². The second-order valence-corrected chi connectivity index (χ2v) is 6.74. The average Bonchev–Trinajstić information content (AvgIpc) is 2.76. The van der Waals surface area contributed by atoms with E-state index in [1.165, 1.54) is 0 Å². The molecule has 0 radical (unpaired) electrons. The first kappa shape index (κ1) is 21.2. The zero-order valence-corrected chi connectivity index (χ0v) is 15.8. The minimum absolute atomic E-state index is 0.0493. The molecule has 5 atom stereocenters. The van der Waals surface area contributed by atoms with Crippen molar-refractivity contribution in [2.45, 2.75) is 43.9 Å². The molecular weight excluding hydrogens is 378 g/mol. The van der Waals surface area contributed by atoms with E-state index in [0.717, 1.165) is 11.1 Å². The van der Waals surface area contributed by atoms with E-state index >= 15 is 0 Å². The van der Waals surface area contributed by atoms with Crippen molar-refractivity contribution in [1.29, 1.82) is 0 Å². The Morgan fingerprint density at radius 2 is 1.52 bits per heavy atom. The Kier molecular flexibility index (Phi) is 7.56. The van der Waals surface area contributed by atoms with Crippen LogP contribution in [0.1, 0.15) is 11.1 Å². The molecule has 0 aliphatic carbocycles. The Bertz CT molecular complexity index is 758. The van der Waals surface area contributed by atoms with Crippen molar-refractivity contribution in [2.75, 3.05) is 6.61 Å². The van der Waals surface area contributed by atoms with E-state index in [1.807, 2.05) is 60.7 Å². The Balaban J connectivity index is 1.63. The number of alkyl carbamates (subject to hydrolysis) is 1. The van der Waals surface area contributed by atoms with Gasteiger partial charge in [-0.1, -0.05) is 60.7 Å². The van der Waals surface area contributed by atoms with Gasteiger partial charge in [-0.3, -0.25) is 0 Å². The lowest BCUT2D eigenvalue weighted by atomic mass is 9.97. The summed E-state index contributed by atoms with van der Waals surface area (Å²) in [6.07, 6.45) is -5.72. The minimum atomic E-state index is -1.41. The van der Waals surface area contributed by atoms with Gasteiger partial charge in [0.15, 0.2) is 6.29 Å². The van der Waals surface area contributed by atoms with Crippen molar-refractivity contribution in [3.8, 4) is 0 Å². The van der Waals surface area contributed by atoms with Crippen LogP contribution in [0.5, 0.6) is 0 Å². The predicted octanol–water partition coefficient (Wildman–Crippen LogP) is 0.937. The standard InChI is InChI=1S/C21H25NO7/c23-11-16-18(24)19(25)17(20(29-16)27-12-14-7-3-1-4-8-14)22-21(26)28-13-15-9-5-2-6-10-15/h1-10,16-20,23-25H,11-13H2,(H,22,26)/t16-,17-,18-,19-,20-/m1/s1. The molecular formula is C21H25NO7. The quantitative estimate of drug-likeness (QED) is 0.543. The third-order valence-corrected chi connectivity index (χ3v) is 4.64. The third kappa shape index (κ3) is 5.75. The normalized spacial score (nSPS) is 26.7. The van der Waals surface area contributed by atoms with E-state index in [2.05, 4.69) is 5.32 Å². The Morgan fingerprint density at radius 3 is 2.10 bits per heavy atom. The van der Waals surface area contributed by atoms with Gasteiger partial charge < -0.3 is 34.8 Å². The van der Waals surface area contributed by atoms with E-state index in [-0.39, 0.29) is 13.2 Å². The van der Waals surface area contributed by atoms with Gasteiger partial charge in [0.1, 0.15) is 31.0 Å². The highest BCUT2D eigenvalue weighted by Crippen LogP contribution is 2.23. The molecule has 1 heterocycles. The zero-order valence-electron chi connectivity index (χ0n) is 15.8. The first-order valence-corrected chi connectivity index (χ1v) is 9.33. The number of hydrogen-bond donors (Lipinski definition) is 4. The summed E-state index contributed by atoms with van der Waals surface area (Å²) in [5.41, 5.74) is 1.67. The van der Waals surface area contributed by atoms with Crippen LogP contribution >= 0.6 is 0 Å². The summed E-state index contributed by atoms with van der Waals surface area (Å²) < 4.78 is 16.5. The van der Waals surface area contributed by atoms with Crippen molar-refractivity contribution in [1.82, 2.24) is 5.32 Å². The summed E-state index contributed by atoms with van der Waals surface area (Å²) in [7, 11) is 0.